The van der Waals surface area contributed by atoms with Crippen molar-refractivity contribution in [1.82, 2.24) is 4.98 Å². The van der Waals surface area contributed by atoms with Crippen molar-refractivity contribution in [2.45, 2.75) is 0 Å². The molecule has 0 unspecified atom stereocenters. The van der Waals surface area contributed by atoms with E-state index in [1.54, 1.807) is 0 Å². The van der Waals surface area contributed by atoms with E-state index in [1.165, 1.54) is 20.3 Å². The lowest BCUT2D eigenvalue weighted by Gasteiger charge is -2.04. The Morgan fingerprint density at radius 2 is 2.00 bits per heavy atom. The van der Waals surface area contributed by atoms with Crippen LogP contribution in [0.25, 0.3) is 0 Å². The maximum Gasteiger partial charge on any atom is 0.332 e. The average molecular weight is 263 g/mol. The van der Waals surface area contributed by atoms with Crippen LogP contribution in [-0.2, 0) is 0 Å². The first kappa shape index (κ1) is 10.7. The highest BCUT2D eigenvalue weighted by Gasteiger charge is 2.20. The van der Waals surface area contributed by atoms with E-state index in [-0.39, 0.29) is 17.4 Å². The molecule has 0 saturated heterocycles. The Kier molecular flexibility index (Phi) is 3.23. The Bertz CT molecular complexity index is 369. The van der Waals surface area contributed by atoms with Crippen LogP contribution in [0, 0.1) is 10.1 Å². The van der Waals surface area contributed by atoms with Gasteiger partial charge < -0.3 is 9.47 Å². The van der Waals surface area contributed by atoms with E-state index < -0.39 is 4.92 Å². The van der Waals surface area contributed by atoms with Crippen molar-refractivity contribution in [3.63, 3.8) is 0 Å². The lowest BCUT2D eigenvalue weighted by molar-refractivity contribution is -0.386. The minimum Gasteiger partial charge on any atom is -0.480 e. The number of ether oxygens (including phenoxy) is 2. The second-order valence-electron chi connectivity index (χ2n) is 2.26. The molecule has 0 amide bonds. The van der Waals surface area contributed by atoms with Crippen LogP contribution in [0.2, 0.25) is 0 Å². The summed E-state index contributed by atoms with van der Waals surface area (Å²) in [6, 6.07) is 1.28. The zero-order valence-electron chi connectivity index (χ0n) is 7.48. The van der Waals surface area contributed by atoms with Gasteiger partial charge in [0, 0.05) is 6.07 Å². The molecule has 7 heteroatoms. The fourth-order valence-corrected chi connectivity index (χ4v) is 1.34. The number of halogens is 1. The van der Waals surface area contributed by atoms with Gasteiger partial charge in [0.2, 0.25) is 5.88 Å². The number of rotatable bonds is 3. The third-order valence-electron chi connectivity index (χ3n) is 1.47. The van der Waals surface area contributed by atoms with Gasteiger partial charge in [0.1, 0.15) is 0 Å². The summed E-state index contributed by atoms with van der Waals surface area (Å²) in [6.07, 6.45) is 0. The minimum atomic E-state index is -0.573. The SMILES string of the molecule is COc1nc(OC)c([N+](=O)[O-])cc1Br. The van der Waals surface area contributed by atoms with Crippen LogP contribution in [0.4, 0.5) is 5.69 Å². The highest BCUT2D eigenvalue weighted by Crippen LogP contribution is 2.33. The van der Waals surface area contributed by atoms with Crippen molar-refractivity contribution in [1.29, 1.82) is 0 Å². The Labute approximate surface area is 88.1 Å². The van der Waals surface area contributed by atoms with Gasteiger partial charge in [0.25, 0.3) is 5.88 Å². The lowest BCUT2D eigenvalue weighted by Crippen LogP contribution is -1.98. The highest BCUT2D eigenvalue weighted by atomic mass is 79.9. The summed E-state index contributed by atoms with van der Waals surface area (Å²) < 4.78 is 10.0. The number of hydrogen-bond donors (Lipinski definition) is 0. The van der Waals surface area contributed by atoms with Gasteiger partial charge in [-0.1, -0.05) is 0 Å². The van der Waals surface area contributed by atoms with E-state index in [1.807, 2.05) is 0 Å². The van der Waals surface area contributed by atoms with Crippen LogP contribution in [0.3, 0.4) is 0 Å². The van der Waals surface area contributed by atoms with E-state index in [2.05, 4.69) is 20.9 Å². The van der Waals surface area contributed by atoms with Gasteiger partial charge in [0.05, 0.1) is 23.6 Å². The van der Waals surface area contributed by atoms with Crippen molar-refractivity contribution in [3.05, 3.63) is 20.7 Å². The highest BCUT2D eigenvalue weighted by molar-refractivity contribution is 9.10. The maximum atomic E-state index is 10.6. The summed E-state index contributed by atoms with van der Waals surface area (Å²) in [5.41, 5.74) is -0.208. The molecule has 1 aromatic rings. The van der Waals surface area contributed by atoms with Crippen molar-refractivity contribution < 1.29 is 14.4 Å². The van der Waals surface area contributed by atoms with E-state index in [4.69, 9.17) is 9.47 Å². The molecule has 0 atom stereocenters. The fraction of sp³-hybridized carbons (Fsp3) is 0.286. The summed E-state index contributed by atoms with van der Waals surface area (Å²) in [6.45, 7) is 0. The Morgan fingerprint density at radius 3 is 2.43 bits per heavy atom. The molecule has 1 heterocycles. The van der Waals surface area contributed by atoms with Crippen LogP contribution >= 0.6 is 15.9 Å². The number of hydrogen-bond acceptors (Lipinski definition) is 5. The molecule has 76 valence electrons. The molecule has 0 radical (unpaired) electrons. The van der Waals surface area contributed by atoms with Crippen LogP contribution < -0.4 is 9.47 Å². The molecular formula is C7H7BrN2O4. The maximum absolute atomic E-state index is 10.6. The first-order valence-corrected chi connectivity index (χ1v) is 4.32. The molecule has 0 N–H and O–H groups in total. The first-order chi connectivity index (χ1) is 6.60. The quantitative estimate of drug-likeness (QED) is 0.613. The van der Waals surface area contributed by atoms with E-state index >= 15 is 0 Å². The second-order valence-corrected chi connectivity index (χ2v) is 3.12. The standard InChI is InChI=1S/C7H7BrN2O4/c1-13-6-4(8)3-5(10(11)12)7(9-6)14-2/h3H,1-2H3. The minimum absolute atomic E-state index is 0.0740. The lowest BCUT2D eigenvalue weighted by atomic mass is 10.4. The average Bonchev–Trinajstić information content (AvgIpc) is 2.17. The summed E-state index contributed by atoms with van der Waals surface area (Å²) >= 11 is 3.09. The molecule has 14 heavy (non-hydrogen) atoms. The van der Waals surface area contributed by atoms with Crippen molar-refractivity contribution in [3.8, 4) is 11.8 Å². The Hall–Kier alpha value is -1.37. The first-order valence-electron chi connectivity index (χ1n) is 3.53. The van der Waals surface area contributed by atoms with Crippen LogP contribution in [0.15, 0.2) is 10.5 Å². The van der Waals surface area contributed by atoms with Crippen LogP contribution in [-0.4, -0.2) is 24.1 Å². The number of nitrogens with zero attached hydrogens (tertiary/aromatic N) is 2. The van der Waals surface area contributed by atoms with Crippen LogP contribution in [0.5, 0.6) is 11.8 Å². The molecule has 1 rings (SSSR count). The molecule has 0 saturated carbocycles. The Morgan fingerprint density at radius 1 is 1.43 bits per heavy atom. The summed E-state index contributed by atoms with van der Waals surface area (Å²) in [5, 5.41) is 10.6. The molecule has 0 aliphatic rings. The topological polar surface area (TPSA) is 74.5 Å². The van der Waals surface area contributed by atoms with Gasteiger partial charge in [0.15, 0.2) is 0 Å². The van der Waals surface area contributed by atoms with Gasteiger partial charge in [-0.15, -0.1) is 0 Å². The van der Waals surface area contributed by atoms with E-state index in [0.29, 0.717) is 4.47 Å². The normalized spacial score (nSPS) is 9.64. The number of nitro groups is 1. The zero-order chi connectivity index (χ0) is 10.7. The molecule has 0 spiro atoms. The monoisotopic (exact) mass is 262 g/mol. The van der Waals surface area contributed by atoms with Gasteiger partial charge in [-0.3, -0.25) is 10.1 Å². The molecule has 6 nitrogen and oxygen atoms in total. The molecule has 1 aromatic heterocycles. The smallest absolute Gasteiger partial charge is 0.332 e. The van der Waals surface area contributed by atoms with E-state index in [0.717, 1.165) is 0 Å². The number of aromatic nitrogens is 1. The molecule has 0 aliphatic carbocycles. The van der Waals surface area contributed by atoms with Crippen molar-refractivity contribution in [2.75, 3.05) is 14.2 Å². The van der Waals surface area contributed by atoms with Crippen molar-refractivity contribution >= 4 is 21.6 Å². The summed E-state index contributed by atoms with van der Waals surface area (Å²) in [5.74, 6) is 0.169. The predicted molar refractivity (Wildman–Crippen MR) is 51.7 cm³/mol. The Balaban J connectivity index is 3.31. The van der Waals surface area contributed by atoms with Gasteiger partial charge >= 0.3 is 5.69 Å². The molecule has 0 aromatic carbocycles. The predicted octanol–water partition coefficient (Wildman–Crippen LogP) is 1.77. The third-order valence-corrected chi connectivity index (χ3v) is 2.04. The van der Waals surface area contributed by atoms with Gasteiger partial charge in [-0.25, -0.2) is 0 Å². The number of methoxy groups -OCH3 is 2. The van der Waals surface area contributed by atoms with Crippen molar-refractivity contribution in [2.24, 2.45) is 0 Å². The third kappa shape index (κ3) is 1.92. The second kappa shape index (κ2) is 4.23. The molecule has 0 fully saturated rings. The van der Waals surface area contributed by atoms with E-state index in [9.17, 15) is 10.1 Å². The fourth-order valence-electron chi connectivity index (χ4n) is 0.871. The summed E-state index contributed by atoms with van der Waals surface area (Å²) in [7, 11) is 2.72. The number of pyridine rings is 1. The van der Waals surface area contributed by atoms with Gasteiger partial charge in [-0.05, 0) is 15.9 Å². The largest absolute Gasteiger partial charge is 0.480 e. The van der Waals surface area contributed by atoms with Crippen LogP contribution in [0.1, 0.15) is 0 Å². The molecule has 0 bridgehead atoms. The molecule has 0 aliphatic heterocycles. The molecular weight excluding hydrogens is 256 g/mol. The zero-order valence-corrected chi connectivity index (χ0v) is 9.07. The summed E-state index contributed by atoms with van der Waals surface area (Å²) in [4.78, 5) is 13.8. The van der Waals surface area contributed by atoms with Gasteiger partial charge in [-0.2, -0.15) is 4.98 Å².